The maximum atomic E-state index is 13.1. The molecule has 0 unspecified atom stereocenters. The number of fused-ring (bicyclic) bond motifs is 1. The number of benzene rings is 1. The molecule has 1 N–H and O–H groups in total. The Morgan fingerprint density at radius 3 is 2.12 bits per heavy atom. The van der Waals surface area contributed by atoms with Crippen molar-refractivity contribution in [3.05, 3.63) is 41.1 Å². The number of hydrogen-bond donors (Lipinski definition) is 1. The molecule has 26 heavy (non-hydrogen) atoms. The van der Waals surface area contributed by atoms with Crippen molar-refractivity contribution in [2.24, 2.45) is 0 Å². The van der Waals surface area contributed by atoms with Gasteiger partial charge in [0.1, 0.15) is 11.4 Å². The van der Waals surface area contributed by atoms with Crippen molar-refractivity contribution >= 4 is 17.5 Å². The van der Waals surface area contributed by atoms with Gasteiger partial charge in [0.15, 0.2) is 5.69 Å². The van der Waals surface area contributed by atoms with E-state index >= 15 is 0 Å². The van der Waals surface area contributed by atoms with Gasteiger partial charge < -0.3 is 10.0 Å². The summed E-state index contributed by atoms with van der Waals surface area (Å²) in [6, 6.07) is 3.75. The summed E-state index contributed by atoms with van der Waals surface area (Å²) in [5.41, 5.74) is -3.31. The van der Waals surface area contributed by atoms with E-state index in [1.165, 1.54) is 4.90 Å². The molecule has 0 aliphatic carbocycles. The smallest absolute Gasteiger partial charge is 0.436 e. The number of aryl methyl sites for hydroxylation is 1. The fourth-order valence-electron chi connectivity index (χ4n) is 2.84. The van der Waals surface area contributed by atoms with Gasteiger partial charge in [-0.2, -0.15) is 31.4 Å². The van der Waals surface area contributed by atoms with Crippen LogP contribution in [-0.2, 0) is 18.9 Å². The van der Waals surface area contributed by atoms with Crippen LogP contribution in [0.4, 0.5) is 37.8 Å². The first-order valence-corrected chi connectivity index (χ1v) is 7.36. The first kappa shape index (κ1) is 18.1. The van der Waals surface area contributed by atoms with Crippen molar-refractivity contribution < 1.29 is 36.2 Å². The zero-order valence-electron chi connectivity index (χ0n) is 12.9. The van der Waals surface area contributed by atoms with Gasteiger partial charge in [-0.3, -0.25) is 0 Å². The van der Waals surface area contributed by atoms with Crippen LogP contribution in [0.25, 0.3) is 0 Å². The number of carboxylic acids is 1. The SMILES string of the molecule is O=C(O)c1c(C(F)(F)F)nn2c1N(c1ccc(C(F)(F)F)cc1)CCC2. The fraction of sp³-hybridized carbons (Fsp3) is 0.333. The average Bonchev–Trinajstić information content (AvgIpc) is 2.94. The molecule has 1 aromatic heterocycles. The lowest BCUT2D eigenvalue weighted by molar-refractivity contribution is -0.142. The first-order valence-electron chi connectivity index (χ1n) is 7.36. The van der Waals surface area contributed by atoms with Gasteiger partial charge in [-0.1, -0.05) is 0 Å². The van der Waals surface area contributed by atoms with Gasteiger partial charge in [-0.25, -0.2) is 9.48 Å². The number of nitrogens with zero attached hydrogens (tertiary/aromatic N) is 3. The topological polar surface area (TPSA) is 58.4 Å². The summed E-state index contributed by atoms with van der Waals surface area (Å²) >= 11 is 0. The lowest BCUT2D eigenvalue weighted by Crippen LogP contribution is -2.29. The molecule has 140 valence electrons. The highest BCUT2D eigenvalue weighted by atomic mass is 19.4. The van der Waals surface area contributed by atoms with Crippen molar-refractivity contribution in [1.82, 2.24) is 9.78 Å². The lowest BCUT2D eigenvalue weighted by atomic mass is 10.1. The molecule has 0 spiro atoms. The van der Waals surface area contributed by atoms with Crippen LogP contribution in [0.15, 0.2) is 24.3 Å². The van der Waals surface area contributed by atoms with E-state index in [0.717, 1.165) is 28.9 Å². The van der Waals surface area contributed by atoms with Crippen LogP contribution in [0.1, 0.15) is 28.0 Å². The minimum Gasteiger partial charge on any atom is -0.477 e. The Kier molecular flexibility index (Phi) is 4.12. The first-order chi connectivity index (χ1) is 12.0. The van der Waals surface area contributed by atoms with Crippen LogP contribution >= 0.6 is 0 Å². The van der Waals surface area contributed by atoms with Gasteiger partial charge in [-0.05, 0) is 30.7 Å². The molecule has 0 saturated heterocycles. The Hall–Kier alpha value is -2.72. The highest BCUT2D eigenvalue weighted by molar-refractivity contribution is 5.96. The number of anilines is 2. The Morgan fingerprint density at radius 2 is 1.62 bits per heavy atom. The van der Waals surface area contributed by atoms with E-state index in [0.29, 0.717) is 6.42 Å². The number of halogens is 6. The summed E-state index contributed by atoms with van der Waals surface area (Å²) in [6.07, 6.45) is -9.17. The van der Waals surface area contributed by atoms with E-state index in [4.69, 9.17) is 0 Å². The predicted octanol–water partition coefficient (Wildman–Crippen LogP) is 4.16. The zero-order valence-corrected chi connectivity index (χ0v) is 12.9. The molecule has 1 aromatic carbocycles. The van der Waals surface area contributed by atoms with E-state index in [-0.39, 0.29) is 24.6 Å². The fourth-order valence-corrected chi connectivity index (χ4v) is 2.84. The molecule has 0 fully saturated rings. The third-order valence-corrected chi connectivity index (χ3v) is 3.92. The Bertz CT molecular complexity index is 839. The molecule has 0 saturated carbocycles. The van der Waals surface area contributed by atoms with E-state index in [9.17, 15) is 36.2 Å². The molecule has 11 heteroatoms. The average molecular weight is 379 g/mol. The molecule has 1 aliphatic heterocycles. The maximum absolute atomic E-state index is 13.1. The van der Waals surface area contributed by atoms with Crippen LogP contribution in [0.2, 0.25) is 0 Å². The van der Waals surface area contributed by atoms with Gasteiger partial charge in [0.2, 0.25) is 0 Å². The monoisotopic (exact) mass is 379 g/mol. The normalized spacial score (nSPS) is 15.1. The standard InChI is InChI=1S/C15H11F6N3O2/c16-14(17,18)8-2-4-9(5-3-8)23-6-1-7-24-12(23)10(13(25)26)11(22-24)15(19,20)21/h2-5H,1,6-7H2,(H,25,26). The molecule has 0 amide bonds. The molecule has 2 heterocycles. The number of rotatable bonds is 2. The highest BCUT2D eigenvalue weighted by Gasteiger charge is 2.43. The van der Waals surface area contributed by atoms with Crippen LogP contribution in [0, 0.1) is 0 Å². The highest BCUT2D eigenvalue weighted by Crippen LogP contribution is 2.40. The molecule has 3 rings (SSSR count). The zero-order chi connectivity index (χ0) is 19.3. The number of carboxylic acid groups (broad SMARTS) is 1. The van der Waals surface area contributed by atoms with Crippen LogP contribution in [0.5, 0.6) is 0 Å². The van der Waals surface area contributed by atoms with Crippen molar-refractivity contribution in [3.63, 3.8) is 0 Å². The molecule has 0 atom stereocenters. The van der Waals surface area contributed by atoms with Gasteiger partial charge in [0, 0.05) is 18.8 Å². The van der Waals surface area contributed by atoms with Crippen molar-refractivity contribution in [1.29, 1.82) is 0 Å². The lowest BCUT2D eigenvalue weighted by Gasteiger charge is -2.30. The summed E-state index contributed by atoms with van der Waals surface area (Å²) in [5, 5.41) is 12.6. The van der Waals surface area contributed by atoms with Crippen LogP contribution in [-0.4, -0.2) is 27.4 Å². The number of alkyl halides is 6. The molecule has 0 bridgehead atoms. The second-order valence-electron chi connectivity index (χ2n) is 5.62. The summed E-state index contributed by atoms with van der Waals surface area (Å²) < 4.78 is 78.3. The number of aromatic carboxylic acids is 1. The van der Waals surface area contributed by atoms with Gasteiger partial charge in [0.25, 0.3) is 0 Å². The second-order valence-corrected chi connectivity index (χ2v) is 5.62. The molecule has 2 aromatic rings. The van der Waals surface area contributed by atoms with E-state index in [2.05, 4.69) is 5.10 Å². The summed E-state index contributed by atoms with van der Waals surface area (Å²) in [5.74, 6) is -2.10. The Balaban J connectivity index is 2.12. The molecular formula is C15H11F6N3O2. The second kappa shape index (κ2) is 5.92. The largest absolute Gasteiger partial charge is 0.477 e. The van der Waals surface area contributed by atoms with E-state index < -0.39 is 35.1 Å². The van der Waals surface area contributed by atoms with Crippen molar-refractivity contribution in [2.45, 2.75) is 25.3 Å². The van der Waals surface area contributed by atoms with E-state index in [1.54, 1.807) is 0 Å². The number of hydrogen-bond acceptors (Lipinski definition) is 3. The Labute approximate surface area is 142 Å². The summed E-state index contributed by atoms with van der Waals surface area (Å²) in [7, 11) is 0. The Morgan fingerprint density at radius 1 is 1.00 bits per heavy atom. The van der Waals surface area contributed by atoms with Gasteiger partial charge in [-0.15, -0.1) is 0 Å². The molecular weight excluding hydrogens is 368 g/mol. The van der Waals surface area contributed by atoms with Crippen LogP contribution < -0.4 is 4.90 Å². The minimum absolute atomic E-state index is 0.0723. The third kappa shape index (κ3) is 3.08. The number of carbonyl (C=O) groups is 1. The minimum atomic E-state index is -4.97. The van der Waals surface area contributed by atoms with Crippen molar-refractivity contribution in [3.8, 4) is 0 Å². The molecule has 0 radical (unpaired) electrons. The summed E-state index contributed by atoms with van der Waals surface area (Å²) in [4.78, 5) is 12.7. The summed E-state index contributed by atoms with van der Waals surface area (Å²) in [6.45, 7) is 0.220. The predicted molar refractivity (Wildman–Crippen MR) is 77.3 cm³/mol. The molecule has 5 nitrogen and oxygen atoms in total. The van der Waals surface area contributed by atoms with Gasteiger partial charge >= 0.3 is 18.3 Å². The third-order valence-electron chi connectivity index (χ3n) is 3.92. The van der Waals surface area contributed by atoms with Crippen molar-refractivity contribution in [2.75, 3.05) is 11.4 Å². The van der Waals surface area contributed by atoms with Crippen LogP contribution in [0.3, 0.4) is 0 Å². The quantitative estimate of drug-likeness (QED) is 0.796. The van der Waals surface area contributed by atoms with Gasteiger partial charge in [0.05, 0.1) is 5.56 Å². The maximum Gasteiger partial charge on any atom is 0.436 e. The molecule has 1 aliphatic rings. The number of aromatic nitrogens is 2. The van der Waals surface area contributed by atoms with E-state index in [1.807, 2.05) is 0 Å².